The van der Waals surface area contributed by atoms with Crippen molar-refractivity contribution in [1.82, 2.24) is 0 Å². The van der Waals surface area contributed by atoms with E-state index in [-0.39, 0.29) is 5.91 Å². The maximum atomic E-state index is 12.7. The molecule has 3 rings (SSSR count). The lowest BCUT2D eigenvalue weighted by molar-refractivity contribution is -0.126. The van der Waals surface area contributed by atoms with Gasteiger partial charge in [0.05, 0.1) is 19.8 Å². The summed E-state index contributed by atoms with van der Waals surface area (Å²) in [5, 5.41) is 0. The third-order valence-electron chi connectivity index (χ3n) is 4.40. The first-order chi connectivity index (χ1) is 12.5. The van der Waals surface area contributed by atoms with Crippen LogP contribution < -0.4 is 14.4 Å². The van der Waals surface area contributed by atoms with Crippen molar-refractivity contribution in [1.29, 1.82) is 0 Å². The van der Waals surface area contributed by atoms with Gasteiger partial charge in [-0.05, 0) is 43.2 Å². The van der Waals surface area contributed by atoms with Gasteiger partial charge in [-0.25, -0.2) is 4.79 Å². The Hall–Kier alpha value is -3.02. The second-order valence-corrected chi connectivity index (χ2v) is 5.99. The number of carbonyl (C=O) groups excluding carboxylic acids is 2. The number of ether oxygens (including phenoxy) is 3. The summed E-state index contributed by atoms with van der Waals surface area (Å²) in [6.07, 6.45) is -0.0834. The van der Waals surface area contributed by atoms with Gasteiger partial charge in [-0.1, -0.05) is 18.2 Å². The summed E-state index contributed by atoms with van der Waals surface area (Å²) in [6, 6.07) is 12.5. The zero-order chi connectivity index (χ0) is 18.7. The number of rotatable bonds is 5. The van der Waals surface area contributed by atoms with E-state index in [9.17, 15) is 9.59 Å². The molecule has 1 aliphatic rings. The molecule has 136 valence electrons. The maximum Gasteiger partial charge on any atom is 0.339 e. The molecule has 2 aromatic rings. The SMILES string of the molecule is COc1ccc(C(=O)O[C@@H](C)C(=O)N2CCc3ccccc32)cc1OC. The highest BCUT2D eigenvalue weighted by Gasteiger charge is 2.30. The molecule has 0 saturated heterocycles. The molecule has 1 atom stereocenters. The lowest BCUT2D eigenvalue weighted by Gasteiger charge is -2.21. The molecular weight excluding hydrogens is 334 g/mol. The number of nitrogens with zero attached hydrogens (tertiary/aromatic N) is 1. The highest BCUT2D eigenvalue weighted by Crippen LogP contribution is 2.29. The van der Waals surface area contributed by atoms with Crippen LogP contribution in [0, 0.1) is 0 Å². The van der Waals surface area contributed by atoms with E-state index in [1.54, 1.807) is 24.0 Å². The number of amides is 1. The van der Waals surface area contributed by atoms with Gasteiger partial charge in [-0.15, -0.1) is 0 Å². The smallest absolute Gasteiger partial charge is 0.339 e. The topological polar surface area (TPSA) is 65.1 Å². The lowest BCUT2D eigenvalue weighted by Crippen LogP contribution is -2.39. The molecule has 0 aliphatic carbocycles. The van der Waals surface area contributed by atoms with Crippen molar-refractivity contribution in [2.75, 3.05) is 25.7 Å². The Kier molecular flexibility index (Phi) is 5.11. The predicted molar refractivity (Wildman–Crippen MR) is 96.9 cm³/mol. The van der Waals surface area contributed by atoms with E-state index in [0.29, 0.717) is 23.6 Å². The number of hydrogen-bond donors (Lipinski definition) is 0. The summed E-state index contributed by atoms with van der Waals surface area (Å²) in [7, 11) is 3.01. The summed E-state index contributed by atoms with van der Waals surface area (Å²) >= 11 is 0. The van der Waals surface area contributed by atoms with Crippen LogP contribution in [0.15, 0.2) is 42.5 Å². The van der Waals surface area contributed by atoms with Gasteiger partial charge < -0.3 is 19.1 Å². The van der Waals surface area contributed by atoms with Crippen LogP contribution in [0.4, 0.5) is 5.69 Å². The van der Waals surface area contributed by atoms with E-state index in [4.69, 9.17) is 14.2 Å². The third kappa shape index (κ3) is 3.35. The largest absolute Gasteiger partial charge is 0.493 e. The second-order valence-electron chi connectivity index (χ2n) is 5.99. The van der Waals surface area contributed by atoms with E-state index < -0.39 is 12.1 Å². The maximum absolute atomic E-state index is 12.7. The number of para-hydroxylation sites is 1. The molecule has 0 unspecified atom stereocenters. The molecule has 0 bridgehead atoms. The monoisotopic (exact) mass is 355 g/mol. The lowest BCUT2D eigenvalue weighted by atomic mass is 10.2. The first-order valence-electron chi connectivity index (χ1n) is 8.37. The Morgan fingerprint density at radius 2 is 1.77 bits per heavy atom. The van der Waals surface area contributed by atoms with Gasteiger partial charge in [0.1, 0.15) is 0 Å². The molecule has 0 aromatic heterocycles. The number of methoxy groups -OCH3 is 2. The molecule has 1 heterocycles. The van der Waals surface area contributed by atoms with Gasteiger partial charge in [-0.2, -0.15) is 0 Å². The van der Waals surface area contributed by atoms with Crippen LogP contribution in [0.2, 0.25) is 0 Å². The molecule has 1 amide bonds. The molecule has 2 aromatic carbocycles. The zero-order valence-electron chi connectivity index (χ0n) is 15.0. The number of carbonyl (C=O) groups is 2. The van der Waals surface area contributed by atoms with Crippen LogP contribution in [-0.4, -0.2) is 38.7 Å². The van der Waals surface area contributed by atoms with E-state index in [2.05, 4.69) is 0 Å². The van der Waals surface area contributed by atoms with Gasteiger partial charge in [-0.3, -0.25) is 4.79 Å². The Labute approximate surface area is 152 Å². The normalized spacial score (nSPS) is 13.7. The number of benzene rings is 2. The van der Waals surface area contributed by atoms with Gasteiger partial charge in [0.15, 0.2) is 17.6 Å². The van der Waals surface area contributed by atoms with Crippen molar-refractivity contribution < 1.29 is 23.8 Å². The molecule has 6 heteroatoms. The first-order valence-corrected chi connectivity index (χ1v) is 8.37. The number of hydrogen-bond acceptors (Lipinski definition) is 5. The molecule has 6 nitrogen and oxygen atoms in total. The minimum absolute atomic E-state index is 0.233. The van der Waals surface area contributed by atoms with Crippen LogP contribution in [0.25, 0.3) is 0 Å². The first kappa shape index (κ1) is 17.8. The van der Waals surface area contributed by atoms with Crippen LogP contribution in [0.1, 0.15) is 22.8 Å². The van der Waals surface area contributed by atoms with Gasteiger partial charge >= 0.3 is 5.97 Å². The summed E-state index contributed by atoms with van der Waals surface area (Å²) in [5.74, 6) is 0.124. The van der Waals surface area contributed by atoms with Crippen LogP contribution in [-0.2, 0) is 16.0 Å². The van der Waals surface area contributed by atoms with E-state index in [1.807, 2.05) is 24.3 Å². The van der Waals surface area contributed by atoms with Crippen molar-refractivity contribution in [2.24, 2.45) is 0 Å². The Bertz CT molecular complexity index is 833. The minimum Gasteiger partial charge on any atom is -0.493 e. The molecule has 26 heavy (non-hydrogen) atoms. The molecule has 0 spiro atoms. The van der Waals surface area contributed by atoms with Crippen molar-refractivity contribution in [3.8, 4) is 11.5 Å². The van der Waals surface area contributed by atoms with Gasteiger partial charge in [0, 0.05) is 12.2 Å². The fourth-order valence-corrected chi connectivity index (χ4v) is 3.03. The third-order valence-corrected chi connectivity index (χ3v) is 4.40. The van der Waals surface area contributed by atoms with E-state index in [1.165, 1.54) is 20.3 Å². The van der Waals surface area contributed by atoms with Gasteiger partial charge in [0.25, 0.3) is 5.91 Å². The van der Waals surface area contributed by atoms with Crippen molar-refractivity contribution >= 4 is 17.6 Å². The fraction of sp³-hybridized carbons (Fsp3) is 0.300. The molecular formula is C20H21NO5. The van der Waals surface area contributed by atoms with Gasteiger partial charge in [0.2, 0.25) is 0 Å². The Morgan fingerprint density at radius 3 is 2.50 bits per heavy atom. The van der Waals surface area contributed by atoms with Crippen molar-refractivity contribution in [3.05, 3.63) is 53.6 Å². The molecule has 0 N–H and O–H groups in total. The highest BCUT2D eigenvalue weighted by molar-refractivity contribution is 6.00. The van der Waals surface area contributed by atoms with Crippen LogP contribution in [0.5, 0.6) is 11.5 Å². The molecule has 0 saturated carbocycles. The van der Waals surface area contributed by atoms with Crippen LogP contribution in [0.3, 0.4) is 0 Å². The fourth-order valence-electron chi connectivity index (χ4n) is 3.03. The Morgan fingerprint density at radius 1 is 1.04 bits per heavy atom. The summed E-state index contributed by atoms with van der Waals surface area (Å²) < 4.78 is 15.7. The Balaban J connectivity index is 1.71. The summed E-state index contributed by atoms with van der Waals surface area (Å²) in [5.41, 5.74) is 2.30. The minimum atomic E-state index is -0.887. The van der Waals surface area contributed by atoms with Crippen molar-refractivity contribution in [2.45, 2.75) is 19.4 Å². The van der Waals surface area contributed by atoms with E-state index >= 15 is 0 Å². The second kappa shape index (κ2) is 7.47. The average Bonchev–Trinajstić information content (AvgIpc) is 3.10. The molecule has 0 radical (unpaired) electrons. The standard InChI is InChI=1S/C20H21NO5/c1-13(19(22)21-11-10-14-6-4-5-7-16(14)21)26-20(23)15-8-9-17(24-2)18(12-15)25-3/h4-9,12-13H,10-11H2,1-3H3/t13-/m0/s1. The van der Waals surface area contributed by atoms with E-state index in [0.717, 1.165) is 17.7 Å². The quantitative estimate of drug-likeness (QED) is 0.772. The number of esters is 1. The predicted octanol–water partition coefficient (Wildman–Crippen LogP) is 2.84. The van der Waals surface area contributed by atoms with Crippen molar-refractivity contribution in [3.63, 3.8) is 0 Å². The average molecular weight is 355 g/mol. The highest BCUT2D eigenvalue weighted by atomic mass is 16.5. The molecule has 0 fully saturated rings. The number of anilines is 1. The molecule has 1 aliphatic heterocycles. The van der Waals surface area contributed by atoms with Crippen LogP contribution >= 0.6 is 0 Å². The summed E-state index contributed by atoms with van der Waals surface area (Å²) in [4.78, 5) is 26.8. The number of fused-ring (bicyclic) bond motifs is 1. The summed E-state index contributed by atoms with van der Waals surface area (Å²) in [6.45, 7) is 2.18. The zero-order valence-corrected chi connectivity index (χ0v) is 15.0.